The summed E-state index contributed by atoms with van der Waals surface area (Å²) in [4.78, 5) is 15.0. The smallest absolute Gasteiger partial charge is 0.270 e. The molecule has 34 heavy (non-hydrogen) atoms. The molecule has 1 amide bonds. The number of rotatable bonds is 9. The fourth-order valence-corrected chi connectivity index (χ4v) is 4.59. The highest BCUT2D eigenvalue weighted by molar-refractivity contribution is 8.27. The molecule has 1 saturated heterocycles. The number of hydrogen-bond donors (Lipinski definition) is 0. The van der Waals surface area contributed by atoms with Crippen molar-refractivity contribution in [1.82, 2.24) is 0 Å². The second kappa shape index (κ2) is 11.1. The van der Waals surface area contributed by atoms with Gasteiger partial charge in [0.1, 0.15) is 24.7 Å². The van der Waals surface area contributed by atoms with Gasteiger partial charge in [-0.3, -0.25) is 9.69 Å². The molecule has 3 aromatic rings. The van der Waals surface area contributed by atoms with E-state index in [0.717, 1.165) is 22.7 Å². The lowest BCUT2D eigenvalue weighted by molar-refractivity contribution is -0.113. The van der Waals surface area contributed by atoms with E-state index in [1.165, 1.54) is 11.8 Å². The topological polar surface area (TPSA) is 57.2 Å². The highest BCUT2D eigenvalue weighted by Gasteiger charge is 2.33. The molecule has 0 atom stereocenters. The molecule has 0 unspecified atom stereocenters. The Morgan fingerprint density at radius 2 is 1.56 bits per heavy atom. The number of hydrogen-bond acceptors (Lipinski definition) is 7. The van der Waals surface area contributed by atoms with Crippen LogP contribution in [0.3, 0.4) is 0 Å². The molecule has 8 heteroatoms. The Kier molecular flexibility index (Phi) is 7.72. The minimum Gasteiger partial charge on any atom is -0.497 e. The molecule has 0 spiro atoms. The first-order valence-electron chi connectivity index (χ1n) is 10.5. The lowest BCUT2D eigenvalue weighted by Gasteiger charge is -2.14. The molecule has 0 aromatic heterocycles. The van der Waals surface area contributed by atoms with Gasteiger partial charge >= 0.3 is 0 Å². The largest absolute Gasteiger partial charge is 0.497 e. The lowest BCUT2D eigenvalue weighted by atomic mass is 10.2. The summed E-state index contributed by atoms with van der Waals surface area (Å²) >= 11 is 6.71. The number of amides is 1. The number of carbonyl (C=O) groups is 1. The molecule has 6 nitrogen and oxygen atoms in total. The minimum atomic E-state index is -0.142. The molecule has 1 fully saturated rings. The zero-order chi connectivity index (χ0) is 23.9. The molecule has 1 heterocycles. The van der Waals surface area contributed by atoms with Crippen molar-refractivity contribution in [3.05, 3.63) is 83.3 Å². The Hall–Kier alpha value is -3.49. The van der Waals surface area contributed by atoms with E-state index in [1.54, 1.807) is 25.2 Å². The summed E-state index contributed by atoms with van der Waals surface area (Å²) in [5.74, 6) is 2.53. The van der Waals surface area contributed by atoms with Gasteiger partial charge in [-0.25, -0.2) is 0 Å². The highest BCUT2D eigenvalue weighted by Crippen LogP contribution is 2.37. The molecular formula is C26H23NO5S2. The van der Waals surface area contributed by atoms with Crippen LogP contribution in [0.5, 0.6) is 23.0 Å². The van der Waals surface area contributed by atoms with Gasteiger partial charge in [0.25, 0.3) is 5.91 Å². The summed E-state index contributed by atoms with van der Waals surface area (Å²) < 4.78 is 22.7. The van der Waals surface area contributed by atoms with Gasteiger partial charge in [0.05, 0.1) is 24.8 Å². The molecule has 174 valence electrons. The summed E-state index contributed by atoms with van der Waals surface area (Å²) in [5.41, 5.74) is 1.57. The van der Waals surface area contributed by atoms with E-state index in [0.29, 0.717) is 33.9 Å². The number of nitrogens with zero attached hydrogens (tertiary/aromatic N) is 1. The van der Waals surface area contributed by atoms with E-state index in [4.69, 9.17) is 31.2 Å². The van der Waals surface area contributed by atoms with Gasteiger partial charge in [0.15, 0.2) is 15.8 Å². The van der Waals surface area contributed by atoms with Crippen LogP contribution < -0.4 is 23.8 Å². The SMILES string of the molecule is COc1ccc(OCCOc2ccc(/C=C3\SC(=S)N(c4ccccc4)C3=O)cc2OC)cc1. The number of thioether (sulfide) groups is 1. The molecule has 0 N–H and O–H groups in total. The van der Waals surface area contributed by atoms with Crippen LogP contribution in [0.15, 0.2) is 77.7 Å². The van der Waals surface area contributed by atoms with Crippen molar-refractivity contribution < 1.29 is 23.7 Å². The predicted octanol–water partition coefficient (Wildman–Crippen LogP) is 5.57. The maximum Gasteiger partial charge on any atom is 0.270 e. The first-order valence-corrected chi connectivity index (χ1v) is 11.7. The number of thiocarbonyl (C=S) groups is 1. The normalized spacial score (nSPS) is 14.4. The van der Waals surface area contributed by atoms with Crippen LogP contribution in [0, 0.1) is 0 Å². The van der Waals surface area contributed by atoms with Crippen LogP contribution >= 0.6 is 24.0 Å². The summed E-state index contributed by atoms with van der Waals surface area (Å²) in [5, 5.41) is 0. The van der Waals surface area contributed by atoms with E-state index >= 15 is 0 Å². The second-order valence-electron chi connectivity index (χ2n) is 7.14. The average Bonchev–Trinajstić information content (AvgIpc) is 3.15. The maximum absolute atomic E-state index is 12.9. The number of carbonyl (C=O) groups excluding carboxylic acids is 1. The van der Waals surface area contributed by atoms with Crippen LogP contribution in [-0.2, 0) is 4.79 Å². The van der Waals surface area contributed by atoms with Gasteiger partial charge < -0.3 is 18.9 Å². The maximum atomic E-state index is 12.9. The van der Waals surface area contributed by atoms with Crippen molar-refractivity contribution >= 4 is 46.0 Å². The molecule has 0 saturated carbocycles. The minimum absolute atomic E-state index is 0.142. The number of para-hydroxylation sites is 1. The fraction of sp³-hybridized carbons (Fsp3) is 0.154. The Labute approximate surface area is 208 Å². The predicted molar refractivity (Wildman–Crippen MR) is 139 cm³/mol. The van der Waals surface area contributed by atoms with Crippen LogP contribution in [0.25, 0.3) is 6.08 Å². The van der Waals surface area contributed by atoms with Crippen molar-refractivity contribution in [2.45, 2.75) is 0 Å². The summed E-state index contributed by atoms with van der Waals surface area (Å²) in [6, 6.07) is 22.3. The summed E-state index contributed by atoms with van der Waals surface area (Å²) in [6.07, 6.45) is 1.81. The van der Waals surface area contributed by atoms with Crippen LogP contribution in [-0.4, -0.2) is 37.7 Å². The first-order chi connectivity index (χ1) is 16.6. The fourth-order valence-electron chi connectivity index (χ4n) is 3.30. The van der Waals surface area contributed by atoms with Crippen molar-refractivity contribution in [3.8, 4) is 23.0 Å². The highest BCUT2D eigenvalue weighted by atomic mass is 32.2. The number of anilines is 1. The van der Waals surface area contributed by atoms with Gasteiger partial charge in [-0.2, -0.15) is 0 Å². The second-order valence-corrected chi connectivity index (χ2v) is 8.81. The van der Waals surface area contributed by atoms with Crippen LogP contribution in [0.4, 0.5) is 5.69 Å². The van der Waals surface area contributed by atoms with E-state index in [2.05, 4.69) is 0 Å². The Morgan fingerprint density at radius 1 is 0.853 bits per heavy atom. The van der Waals surface area contributed by atoms with Gasteiger partial charge in [0.2, 0.25) is 0 Å². The van der Waals surface area contributed by atoms with Gasteiger partial charge in [-0.1, -0.05) is 48.2 Å². The Balaban J connectivity index is 1.39. The van der Waals surface area contributed by atoms with E-state index < -0.39 is 0 Å². The third kappa shape index (κ3) is 5.52. The number of ether oxygens (including phenoxy) is 4. The quantitative estimate of drug-likeness (QED) is 0.219. The van der Waals surface area contributed by atoms with Gasteiger partial charge in [-0.15, -0.1) is 0 Å². The molecule has 0 aliphatic carbocycles. The van der Waals surface area contributed by atoms with Crippen LogP contribution in [0.2, 0.25) is 0 Å². The average molecular weight is 494 g/mol. The van der Waals surface area contributed by atoms with Crippen molar-refractivity contribution in [2.24, 2.45) is 0 Å². The van der Waals surface area contributed by atoms with Crippen LogP contribution in [0.1, 0.15) is 5.56 Å². The van der Waals surface area contributed by atoms with Crippen molar-refractivity contribution in [3.63, 3.8) is 0 Å². The molecule has 4 rings (SSSR count). The third-order valence-corrected chi connectivity index (χ3v) is 6.26. The van der Waals surface area contributed by atoms with E-state index in [9.17, 15) is 4.79 Å². The number of methoxy groups -OCH3 is 2. The standard InChI is InChI=1S/C26H23NO5S2/c1-29-20-9-11-21(12-10-20)31-14-15-32-22-13-8-18(16-23(22)30-2)17-24-25(28)27(26(33)34-24)19-6-4-3-5-7-19/h3-13,16-17H,14-15H2,1-2H3/b24-17-. The van der Waals surface area contributed by atoms with Crippen molar-refractivity contribution in [2.75, 3.05) is 32.3 Å². The Bertz CT molecular complexity index is 1200. The van der Waals surface area contributed by atoms with E-state index in [-0.39, 0.29) is 5.91 Å². The third-order valence-electron chi connectivity index (χ3n) is 4.96. The van der Waals surface area contributed by atoms with E-state index in [1.807, 2.05) is 72.8 Å². The molecule has 1 aliphatic heterocycles. The zero-order valence-corrected chi connectivity index (χ0v) is 20.4. The monoisotopic (exact) mass is 493 g/mol. The first kappa shape index (κ1) is 23.7. The lowest BCUT2D eigenvalue weighted by Crippen LogP contribution is -2.27. The number of benzene rings is 3. The van der Waals surface area contributed by atoms with Crippen molar-refractivity contribution in [1.29, 1.82) is 0 Å². The molecule has 0 bridgehead atoms. The zero-order valence-electron chi connectivity index (χ0n) is 18.7. The van der Waals surface area contributed by atoms with Gasteiger partial charge in [-0.05, 0) is 60.2 Å². The molecule has 0 radical (unpaired) electrons. The molecular weight excluding hydrogens is 470 g/mol. The molecule has 3 aromatic carbocycles. The molecule has 1 aliphatic rings. The Morgan fingerprint density at radius 3 is 2.26 bits per heavy atom. The van der Waals surface area contributed by atoms with Gasteiger partial charge in [0, 0.05) is 0 Å². The summed E-state index contributed by atoms with van der Waals surface area (Å²) in [6.45, 7) is 0.719. The summed E-state index contributed by atoms with van der Waals surface area (Å²) in [7, 11) is 3.20.